The van der Waals surface area contributed by atoms with Gasteiger partial charge in [-0.3, -0.25) is 4.90 Å². The van der Waals surface area contributed by atoms with Crippen LogP contribution in [-0.2, 0) is 39.8 Å². The van der Waals surface area contributed by atoms with Crippen LogP contribution in [0.5, 0.6) is 0 Å². The number of methoxy groups -OCH3 is 1. The summed E-state index contributed by atoms with van der Waals surface area (Å²) in [5.74, 6) is -3.09. The van der Waals surface area contributed by atoms with Crippen molar-refractivity contribution in [3.63, 3.8) is 0 Å². The molecule has 5 aliphatic heterocycles. The normalized spacial score (nSPS) is 42.3. The standard InChI is InChI=1S/C43H55N2O9/c1-25-22-26(2)43-32(14-15-33-35(43)36(46)27(3)38(39(33)54-43)53-41(48)30-8-6-7-9-30)23-34(50-5)42(49)52-37(25)28(4)51-40(47)31-12-10-29(11-13-31)24-45-19-16-44(17-20-45)18-21-45/h6-8,10-15,22,25,27-28,32-39,46H,9,16-21,23-24H2,1-5H3/q+1/b26-22+/t25-,27-,28-,32?,33-,34+,35+,36-,37+,38-,39-,43+/m1/s1. The van der Waals surface area contributed by atoms with Crippen LogP contribution in [0.4, 0.5) is 0 Å². The maximum Gasteiger partial charge on any atom is 0.338 e. The summed E-state index contributed by atoms with van der Waals surface area (Å²) in [7, 11) is 1.48. The first kappa shape index (κ1) is 37.3. The van der Waals surface area contributed by atoms with Gasteiger partial charge in [-0.15, -0.1) is 0 Å². The summed E-state index contributed by atoms with van der Waals surface area (Å²) in [4.78, 5) is 43.1. The zero-order chi connectivity index (χ0) is 37.9. The van der Waals surface area contributed by atoms with Gasteiger partial charge >= 0.3 is 17.9 Å². The van der Waals surface area contributed by atoms with Crippen molar-refractivity contribution in [3.05, 3.63) is 83.0 Å². The lowest BCUT2D eigenvalue weighted by Crippen LogP contribution is -2.66. The van der Waals surface area contributed by atoms with E-state index in [0.717, 1.165) is 55.9 Å². The minimum absolute atomic E-state index is 0.202. The topological polar surface area (TPSA) is 121 Å². The molecule has 1 saturated carbocycles. The van der Waals surface area contributed by atoms with Crippen LogP contribution in [0.1, 0.15) is 56.5 Å². The fourth-order valence-electron chi connectivity index (χ4n) is 10.7. The van der Waals surface area contributed by atoms with Crippen molar-refractivity contribution >= 4 is 17.9 Å². The molecule has 6 bridgehead atoms. The molecule has 1 aromatic rings. The van der Waals surface area contributed by atoms with Crippen molar-refractivity contribution in [2.75, 3.05) is 46.4 Å². The van der Waals surface area contributed by atoms with E-state index in [0.29, 0.717) is 17.6 Å². The summed E-state index contributed by atoms with van der Waals surface area (Å²) in [6.07, 6.45) is 7.90. The highest BCUT2D eigenvalue weighted by Crippen LogP contribution is 2.61. The summed E-state index contributed by atoms with van der Waals surface area (Å²) >= 11 is 0. The number of hydrogen-bond acceptors (Lipinski definition) is 10. The zero-order valence-corrected chi connectivity index (χ0v) is 32.1. The second kappa shape index (κ2) is 14.5. The molecule has 1 aromatic carbocycles. The van der Waals surface area contributed by atoms with Crippen molar-refractivity contribution in [2.45, 2.75) is 89.3 Å². The van der Waals surface area contributed by atoms with E-state index >= 15 is 0 Å². The number of fused-ring (bicyclic) bond motifs is 3. The number of carbonyl (C=O) groups is 3. The fraction of sp³-hybridized carbons (Fsp3) is 0.605. The SMILES string of the molecule is CO[C@H]1CC2C=C[C@H]3[C@H]4O[C@]2(/C(C)=C/[C@@H](C)[C@@H]([C@@H](C)OC(=O)c2ccc(C[N+]56CCN(CC5)CC6)cc2)OC1=O)[C@@H]3[C@H](O)[C@@H](C)[C@H]4OC(=O)C1=CC=CC1. The minimum Gasteiger partial charge on any atom is -0.456 e. The Morgan fingerprint density at radius 2 is 1.80 bits per heavy atom. The van der Waals surface area contributed by atoms with Gasteiger partial charge < -0.3 is 33.3 Å². The summed E-state index contributed by atoms with van der Waals surface area (Å²) in [5, 5.41) is 12.0. The number of allylic oxidation sites excluding steroid dienone is 3. The number of cyclic esters (lactones) is 1. The highest BCUT2D eigenvalue weighted by molar-refractivity contribution is 5.90. The van der Waals surface area contributed by atoms with Gasteiger partial charge in [0, 0.05) is 67.5 Å². The van der Waals surface area contributed by atoms with Crippen molar-refractivity contribution in [1.82, 2.24) is 4.90 Å². The van der Waals surface area contributed by atoms with Crippen LogP contribution in [0.25, 0.3) is 0 Å². The van der Waals surface area contributed by atoms with E-state index in [4.69, 9.17) is 23.7 Å². The predicted octanol–water partition coefficient (Wildman–Crippen LogP) is 4.16. The van der Waals surface area contributed by atoms with E-state index in [2.05, 4.69) is 17.1 Å². The van der Waals surface area contributed by atoms with E-state index < -0.39 is 66.1 Å². The molecule has 11 nitrogen and oxygen atoms in total. The van der Waals surface area contributed by atoms with Crippen LogP contribution in [0, 0.1) is 29.6 Å². The zero-order valence-electron chi connectivity index (χ0n) is 32.1. The lowest BCUT2D eigenvalue weighted by molar-refractivity contribution is -0.953. The number of piperazine rings is 3. The molecule has 8 aliphatic rings. The molecule has 1 unspecified atom stereocenters. The average Bonchev–Trinajstić information content (AvgIpc) is 3.78. The van der Waals surface area contributed by atoms with Gasteiger partial charge in [0.05, 0.1) is 31.3 Å². The molecule has 5 fully saturated rings. The third-order valence-electron chi connectivity index (χ3n) is 13.8. The smallest absolute Gasteiger partial charge is 0.338 e. The Morgan fingerprint density at radius 1 is 1.07 bits per heavy atom. The third kappa shape index (κ3) is 6.39. The number of aliphatic hydroxyl groups is 1. The van der Waals surface area contributed by atoms with Crippen LogP contribution in [-0.4, -0.2) is 121 Å². The Kier molecular flexibility index (Phi) is 10.0. The van der Waals surface area contributed by atoms with Gasteiger partial charge in [-0.2, -0.15) is 0 Å². The van der Waals surface area contributed by atoms with Crippen molar-refractivity contribution in [1.29, 1.82) is 0 Å². The van der Waals surface area contributed by atoms with Gasteiger partial charge in [-0.05, 0) is 44.4 Å². The molecule has 4 saturated heterocycles. The Balaban J connectivity index is 1.03. The molecular formula is C43H55N2O9+. The van der Waals surface area contributed by atoms with E-state index in [1.807, 2.05) is 63.3 Å². The lowest BCUT2D eigenvalue weighted by Gasteiger charge is -2.50. The monoisotopic (exact) mass is 743 g/mol. The van der Waals surface area contributed by atoms with Crippen molar-refractivity contribution in [3.8, 4) is 0 Å². The molecular weight excluding hydrogens is 688 g/mol. The molecule has 54 heavy (non-hydrogen) atoms. The molecule has 1 N–H and O–H groups in total. The largest absolute Gasteiger partial charge is 0.456 e. The second-order valence-electron chi connectivity index (χ2n) is 16.9. The van der Waals surface area contributed by atoms with Gasteiger partial charge in [0.25, 0.3) is 0 Å². The molecule has 0 amide bonds. The van der Waals surface area contributed by atoms with Crippen molar-refractivity contribution in [2.24, 2.45) is 29.6 Å². The Labute approximate surface area is 318 Å². The molecule has 1 spiro atoms. The van der Waals surface area contributed by atoms with E-state index in [1.54, 1.807) is 13.0 Å². The summed E-state index contributed by atoms with van der Waals surface area (Å²) in [6.45, 7) is 15.5. The van der Waals surface area contributed by atoms with Crippen LogP contribution >= 0.6 is 0 Å². The Morgan fingerprint density at radius 3 is 2.46 bits per heavy atom. The number of ether oxygens (including phenoxy) is 5. The molecule has 11 heteroatoms. The summed E-state index contributed by atoms with van der Waals surface area (Å²) in [6, 6.07) is 7.72. The molecule has 3 aliphatic carbocycles. The average molecular weight is 744 g/mol. The maximum atomic E-state index is 13.8. The first-order chi connectivity index (χ1) is 25.9. The van der Waals surface area contributed by atoms with E-state index in [1.165, 1.54) is 12.7 Å². The molecule has 5 heterocycles. The predicted molar refractivity (Wildman–Crippen MR) is 199 cm³/mol. The lowest BCUT2D eigenvalue weighted by atomic mass is 9.57. The fourth-order valence-corrected chi connectivity index (χ4v) is 10.7. The maximum absolute atomic E-state index is 13.8. The number of quaternary nitrogens is 1. The molecule has 12 atom stereocenters. The molecule has 0 aromatic heterocycles. The molecule has 290 valence electrons. The van der Waals surface area contributed by atoms with Gasteiger partial charge in [0.15, 0.2) is 6.10 Å². The highest BCUT2D eigenvalue weighted by Gasteiger charge is 2.69. The number of aliphatic hydroxyl groups excluding tert-OH is 1. The second-order valence-corrected chi connectivity index (χ2v) is 16.9. The highest BCUT2D eigenvalue weighted by atomic mass is 16.6. The first-order valence-electron chi connectivity index (χ1n) is 19.8. The van der Waals surface area contributed by atoms with Crippen LogP contribution < -0.4 is 0 Å². The van der Waals surface area contributed by atoms with Gasteiger partial charge in [0.1, 0.15) is 36.6 Å². The Bertz CT molecular complexity index is 1750. The molecule has 9 rings (SSSR count). The number of rotatable bonds is 8. The number of benzene rings is 1. The van der Waals surface area contributed by atoms with Crippen molar-refractivity contribution < 1.29 is 47.7 Å². The molecule has 0 radical (unpaired) electrons. The number of carbonyl (C=O) groups excluding carboxylic acids is 3. The van der Waals surface area contributed by atoms with Gasteiger partial charge in [0.2, 0.25) is 0 Å². The quantitative estimate of drug-likeness (QED) is 0.180. The minimum atomic E-state index is -0.991. The van der Waals surface area contributed by atoms with Crippen LogP contribution in [0.3, 0.4) is 0 Å². The van der Waals surface area contributed by atoms with E-state index in [-0.39, 0.29) is 30.1 Å². The van der Waals surface area contributed by atoms with Crippen LogP contribution in [0.15, 0.2) is 71.9 Å². The van der Waals surface area contributed by atoms with E-state index in [9.17, 15) is 19.5 Å². The number of esters is 3. The number of nitrogens with zero attached hydrogens (tertiary/aromatic N) is 2. The first-order valence-corrected chi connectivity index (χ1v) is 19.8. The number of hydrogen-bond donors (Lipinski definition) is 1. The van der Waals surface area contributed by atoms with Gasteiger partial charge in [-0.25, -0.2) is 14.4 Å². The Hall–Kier alpha value is -3.61. The van der Waals surface area contributed by atoms with Crippen LogP contribution in [0.2, 0.25) is 0 Å². The summed E-state index contributed by atoms with van der Waals surface area (Å²) in [5.41, 5.74) is 2.13. The summed E-state index contributed by atoms with van der Waals surface area (Å²) < 4.78 is 32.3. The third-order valence-corrected chi connectivity index (χ3v) is 13.8. The van der Waals surface area contributed by atoms with Gasteiger partial charge in [-0.1, -0.05) is 62.4 Å².